The Labute approximate surface area is 83.8 Å². The van der Waals surface area contributed by atoms with Crippen LogP contribution in [0.3, 0.4) is 0 Å². The van der Waals surface area contributed by atoms with Crippen molar-refractivity contribution in [2.75, 3.05) is 0 Å². The Bertz CT molecular complexity index is 260. The first-order chi connectivity index (χ1) is 6.31. The van der Waals surface area contributed by atoms with Crippen LogP contribution in [0.15, 0.2) is 30.3 Å². The third-order valence-corrected chi connectivity index (χ3v) is 5.01. The van der Waals surface area contributed by atoms with Gasteiger partial charge in [-0.1, -0.05) is 49.6 Å². The van der Waals surface area contributed by atoms with Gasteiger partial charge in [-0.3, -0.25) is 0 Å². The van der Waals surface area contributed by atoms with Crippen molar-refractivity contribution in [3.8, 4) is 0 Å². The highest BCUT2D eigenvalue weighted by molar-refractivity contribution is 6.16. The first-order valence-corrected chi connectivity index (χ1v) is 6.37. The van der Waals surface area contributed by atoms with E-state index < -0.39 is 0 Å². The fourth-order valence-corrected chi connectivity index (χ4v) is 3.50. The van der Waals surface area contributed by atoms with Gasteiger partial charge < -0.3 is 0 Å². The molecule has 70 valence electrons. The Morgan fingerprint density at radius 1 is 0.923 bits per heavy atom. The fraction of sp³-hybridized carbons (Fsp3) is 0.500. The standard InChI is InChI=1S/C12H18Si/c13-12(9-5-2-6-10-12)11-7-3-1-4-8-11/h1,3-4,7-8H,2,5-6,9-10H2,13H3. The van der Waals surface area contributed by atoms with Gasteiger partial charge in [0.05, 0.1) is 0 Å². The minimum Gasteiger partial charge on any atom is -0.0622 e. The second-order valence-corrected chi connectivity index (χ2v) is 6.40. The second kappa shape index (κ2) is 3.67. The Morgan fingerprint density at radius 2 is 1.54 bits per heavy atom. The fourth-order valence-electron chi connectivity index (χ4n) is 2.46. The summed E-state index contributed by atoms with van der Waals surface area (Å²) in [7, 11) is 1.32. The van der Waals surface area contributed by atoms with Crippen LogP contribution in [0.2, 0.25) is 0 Å². The SMILES string of the molecule is [SiH3]C1(c2ccccc2)CCCCC1. The molecule has 1 fully saturated rings. The van der Waals surface area contributed by atoms with E-state index in [1.54, 1.807) is 5.56 Å². The molecule has 0 unspecified atom stereocenters. The predicted octanol–water partition coefficient (Wildman–Crippen LogP) is 2.21. The van der Waals surface area contributed by atoms with Crippen molar-refractivity contribution >= 4 is 10.2 Å². The van der Waals surface area contributed by atoms with Crippen molar-refractivity contribution < 1.29 is 0 Å². The average molecular weight is 190 g/mol. The maximum absolute atomic E-state index is 2.32. The molecule has 0 bridgehead atoms. The van der Waals surface area contributed by atoms with E-state index in [2.05, 4.69) is 30.3 Å². The summed E-state index contributed by atoms with van der Waals surface area (Å²) in [5.41, 5.74) is 1.60. The molecule has 1 aromatic rings. The molecule has 0 saturated heterocycles. The summed E-state index contributed by atoms with van der Waals surface area (Å²) >= 11 is 0. The molecule has 0 N–H and O–H groups in total. The first kappa shape index (κ1) is 9.01. The third-order valence-electron chi connectivity index (χ3n) is 3.43. The van der Waals surface area contributed by atoms with Crippen molar-refractivity contribution in [3.05, 3.63) is 35.9 Å². The van der Waals surface area contributed by atoms with Gasteiger partial charge in [-0.05, 0) is 23.4 Å². The molecule has 13 heavy (non-hydrogen) atoms. The molecule has 1 aliphatic carbocycles. The van der Waals surface area contributed by atoms with Gasteiger partial charge in [0.15, 0.2) is 0 Å². The molecule has 0 aliphatic heterocycles. The summed E-state index contributed by atoms with van der Waals surface area (Å²) in [6, 6.07) is 11.1. The third kappa shape index (κ3) is 1.85. The lowest BCUT2D eigenvalue weighted by Gasteiger charge is -2.34. The van der Waals surface area contributed by atoms with Gasteiger partial charge in [0, 0.05) is 10.2 Å². The Morgan fingerprint density at radius 3 is 2.15 bits per heavy atom. The molecule has 0 radical (unpaired) electrons. The molecule has 0 spiro atoms. The number of hydrogen-bond acceptors (Lipinski definition) is 0. The van der Waals surface area contributed by atoms with Crippen LogP contribution in [-0.2, 0) is 5.04 Å². The molecule has 0 atom stereocenters. The molecular formula is C12H18Si. The van der Waals surface area contributed by atoms with Gasteiger partial charge in [-0.25, -0.2) is 0 Å². The van der Waals surface area contributed by atoms with Crippen molar-refractivity contribution in [3.63, 3.8) is 0 Å². The lowest BCUT2D eigenvalue weighted by molar-refractivity contribution is 0.398. The molecule has 1 heteroatoms. The zero-order valence-corrected chi connectivity index (χ0v) is 10.4. The van der Waals surface area contributed by atoms with Crippen LogP contribution in [0, 0.1) is 0 Å². The topological polar surface area (TPSA) is 0 Å². The highest BCUT2D eigenvalue weighted by Crippen LogP contribution is 2.36. The average Bonchev–Trinajstić information content (AvgIpc) is 2.20. The molecule has 1 aliphatic rings. The van der Waals surface area contributed by atoms with Gasteiger partial charge in [-0.2, -0.15) is 0 Å². The van der Waals surface area contributed by atoms with Gasteiger partial charge >= 0.3 is 0 Å². The zero-order chi connectivity index (χ0) is 9.15. The van der Waals surface area contributed by atoms with Gasteiger partial charge in [0.25, 0.3) is 0 Å². The van der Waals surface area contributed by atoms with E-state index in [0.29, 0.717) is 5.04 Å². The predicted molar refractivity (Wildman–Crippen MR) is 61.1 cm³/mol. The summed E-state index contributed by atoms with van der Waals surface area (Å²) in [5.74, 6) is 0. The molecular weight excluding hydrogens is 172 g/mol. The van der Waals surface area contributed by atoms with Gasteiger partial charge in [0.1, 0.15) is 0 Å². The van der Waals surface area contributed by atoms with E-state index in [1.807, 2.05) is 0 Å². The van der Waals surface area contributed by atoms with E-state index in [1.165, 1.54) is 42.3 Å². The Kier molecular flexibility index (Phi) is 2.54. The molecule has 0 nitrogen and oxygen atoms in total. The van der Waals surface area contributed by atoms with E-state index in [9.17, 15) is 0 Å². The number of hydrogen-bond donors (Lipinski definition) is 0. The van der Waals surface area contributed by atoms with Crippen molar-refractivity contribution in [1.29, 1.82) is 0 Å². The van der Waals surface area contributed by atoms with Crippen LogP contribution >= 0.6 is 0 Å². The normalized spacial score (nSPS) is 21.5. The highest BCUT2D eigenvalue weighted by atomic mass is 28.1. The smallest absolute Gasteiger partial charge is 0.0162 e. The van der Waals surface area contributed by atoms with Crippen LogP contribution in [0.25, 0.3) is 0 Å². The molecule has 1 aromatic carbocycles. The van der Waals surface area contributed by atoms with Gasteiger partial charge in [0.2, 0.25) is 0 Å². The molecule has 2 rings (SSSR count). The summed E-state index contributed by atoms with van der Waals surface area (Å²) in [5, 5.41) is 0.611. The van der Waals surface area contributed by atoms with E-state index in [4.69, 9.17) is 0 Å². The maximum atomic E-state index is 2.32. The molecule has 0 heterocycles. The molecule has 0 aromatic heterocycles. The molecule has 0 amide bonds. The van der Waals surface area contributed by atoms with Crippen LogP contribution in [0.5, 0.6) is 0 Å². The minimum atomic E-state index is 0.611. The summed E-state index contributed by atoms with van der Waals surface area (Å²) < 4.78 is 0. The van der Waals surface area contributed by atoms with Gasteiger partial charge in [-0.15, -0.1) is 0 Å². The summed E-state index contributed by atoms with van der Waals surface area (Å²) in [6.45, 7) is 0. The Hall–Kier alpha value is -0.563. The Balaban J connectivity index is 2.23. The van der Waals surface area contributed by atoms with E-state index >= 15 is 0 Å². The monoisotopic (exact) mass is 190 g/mol. The quantitative estimate of drug-likeness (QED) is 0.596. The van der Waals surface area contributed by atoms with Crippen LogP contribution < -0.4 is 0 Å². The lowest BCUT2D eigenvalue weighted by atomic mass is 9.83. The zero-order valence-electron chi connectivity index (χ0n) is 8.42. The lowest BCUT2D eigenvalue weighted by Crippen LogP contribution is -2.29. The minimum absolute atomic E-state index is 0.611. The number of rotatable bonds is 1. The maximum Gasteiger partial charge on any atom is 0.0162 e. The summed E-state index contributed by atoms with van der Waals surface area (Å²) in [6.07, 6.45) is 7.21. The van der Waals surface area contributed by atoms with Crippen molar-refractivity contribution in [2.45, 2.75) is 37.1 Å². The first-order valence-electron chi connectivity index (χ1n) is 5.37. The van der Waals surface area contributed by atoms with Crippen molar-refractivity contribution in [1.82, 2.24) is 0 Å². The largest absolute Gasteiger partial charge is 0.0622 e. The van der Waals surface area contributed by atoms with Crippen LogP contribution in [0.4, 0.5) is 0 Å². The van der Waals surface area contributed by atoms with E-state index in [0.717, 1.165) is 0 Å². The molecule has 1 saturated carbocycles. The van der Waals surface area contributed by atoms with Crippen molar-refractivity contribution in [2.24, 2.45) is 0 Å². The van der Waals surface area contributed by atoms with Crippen LogP contribution in [-0.4, -0.2) is 10.2 Å². The van der Waals surface area contributed by atoms with Crippen LogP contribution in [0.1, 0.15) is 37.7 Å². The second-order valence-electron chi connectivity index (χ2n) is 4.49. The highest BCUT2D eigenvalue weighted by Gasteiger charge is 2.27. The van der Waals surface area contributed by atoms with E-state index in [-0.39, 0.29) is 0 Å². The summed E-state index contributed by atoms with van der Waals surface area (Å²) in [4.78, 5) is 0. The number of benzene rings is 1.